The summed E-state index contributed by atoms with van der Waals surface area (Å²) in [6.07, 6.45) is 1.72. The molecule has 0 aliphatic heterocycles. The summed E-state index contributed by atoms with van der Waals surface area (Å²) in [6.45, 7) is 4.59. The van der Waals surface area contributed by atoms with E-state index in [0.29, 0.717) is 0 Å². The van der Waals surface area contributed by atoms with Crippen LogP contribution >= 0.6 is 0 Å². The molecule has 0 spiro atoms. The van der Waals surface area contributed by atoms with Gasteiger partial charge in [0.2, 0.25) is 0 Å². The second-order valence-electron chi connectivity index (χ2n) is 2.27. The van der Waals surface area contributed by atoms with Crippen molar-refractivity contribution in [3.05, 3.63) is 0 Å². The van der Waals surface area contributed by atoms with Gasteiger partial charge < -0.3 is 0 Å². The Morgan fingerprint density at radius 3 is 1.38 bits per heavy atom. The summed E-state index contributed by atoms with van der Waals surface area (Å²) in [5, 5.41) is 0. The zero-order valence-corrected chi connectivity index (χ0v) is 5.18. The molecule has 1 aliphatic rings. The van der Waals surface area contributed by atoms with E-state index in [1.165, 1.54) is 6.42 Å². The standard InChI is InChI=1S/C5H10.CO2/c1-4-3-5(4)2;2-1-3/h4-5H,3H2,1-2H3;. The summed E-state index contributed by atoms with van der Waals surface area (Å²) < 4.78 is 0. The molecule has 46 valence electrons. The average molecular weight is 114 g/mol. The van der Waals surface area contributed by atoms with E-state index in [9.17, 15) is 0 Å². The van der Waals surface area contributed by atoms with Gasteiger partial charge in [0.05, 0.1) is 0 Å². The lowest BCUT2D eigenvalue weighted by Gasteiger charge is -1.66. The summed E-state index contributed by atoms with van der Waals surface area (Å²) in [5.41, 5.74) is 0. The Labute approximate surface area is 48.9 Å². The van der Waals surface area contributed by atoms with Crippen LogP contribution in [0, 0.1) is 11.8 Å². The van der Waals surface area contributed by atoms with Gasteiger partial charge in [-0.05, 0) is 18.3 Å². The van der Waals surface area contributed by atoms with Crippen LogP contribution < -0.4 is 0 Å². The molecule has 1 aliphatic carbocycles. The molecule has 0 aromatic carbocycles. The van der Waals surface area contributed by atoms with Crippen LogP contribution in [0.15, 0.2) is 0 Å². The predicted molar refractivity (Wildman–Crippen MR) is 28.0 cm³/mol. The van der Waals surface area contributed by atoms with Gasteiger partial charge in [0.1, 0.15) is 0 Å². The van der Waals surface area contributed by atoms with E-state index < -0.39 is 0 Å². The topological polar surface area (TPSA) is 34.1 Å². The van der Waals surface area contributed by atoms with Crippen molar-refractivity contribution in [2.75, 3.05) is 0 Å². The molecular formula is C6H10O2. The van der Waals surface area contributed by atoms with E-state index in [0.717, 1.165) is 11.8 Å². The van der Waals surface area contributed by atoms with Crippen molar-refractivity contribution in [2.24, 2.45) is 11.8 Å². The molecule has 0 heterocycles. The van der Waals surface area contributed by atoms with Crippen molar-refractivity contribution in [1.29, 1.82) is 0 Å². The molecule has 1 fully saturated rings. The molecule has 0 aromatic heterocycles. The van der Waals surface area contributed by atoms with Crippen LogP contribution in [0.3, 0.4) is 0 Å². The van der Waals surface area contributed by atoms with E-state index in [1.54, 1.807) is 0 Å². The van der Waals surface area contributed by atoms with Gasteiger partial charge in [-0.15, -0.1) is 0 Å². The summed E-state index contributed by atoms with van der Waals surface area (Å²) >= 11 is 0. The second kappa shape index (κ2) is 3.39. The Bertz CT molecular complexity index is 86.7. The van der Waals surface area contributed by atoms with Gasteiger partial charge in [-0.1, -0.05) is 13.8 Å². The third-order valence-electron chi connectivity index (χ3n) is 1.51. The van der Waals surface area contributed by atoms with E-state index >= 15 is 0 Å². The van der Waals surface area contributed by atoms with E-state index in [-0.39, 0.29) is 6.15 Å². The predicted octanol–water partition coefficient (Wildman–Crippen LogP) is 1.08. The van der Waals surface area contributed by atoms with Crippen LogP contribution in [0.25, 0.3) is 0 Å². The largest absolute Gasteiger partial charge is 0.373 e. The van der Waals surface area contributed by atoms with Crippen LogP contribution in [0.4, 0.5) is 0 Å². The first-order chi connectivity index (χ1) is 3.72. The van der Waals surface area contributed by atoms with Gasteiger partial charge >= 0.3 is 6.15 Å². The maximum Gasteiger partial charge on any atom is 0.373 e. The first kappa shape index (κ1) is 7.38. The molecule has 1 saturated carbocycles. The number of carbonyl (C=O) groups excluding carboxylic acids is 2. The highest BCUT2D eigenvalue weighted by Gasteiger charge is 2.26. The van der Waals surface area contributed by atoms with Gasteiger partial charge in [-0.25, -0.2) is 0 Å². The lowest BCUT2D eigenvalue weighted by Crippen LogP contribution is -1.58. The maximum absolute atomic E-state index is 8.12. The normalized spacial score (nSPS) is 31.8. The first-order valence-corrected chi connectivity index (χ1v) is 2.71. The Kier molecular flexibility index (Phi) is 3.13. The maximum atomic E-state index is 8.12. The summed E-state index contributed by atoms with van der Waals surface area (Å²) in [5.74, 6) is 2.10. The molecule has 0 radical (unpaired) electrons. The van der Waals surface area contributed by atoms with E-state index in [1.807, 2.05) is 0 Å². The first-order valence-electron chi connectivity index (χ1n) is 2.71. The Balaban J connectivity index is 0.000000145. The SMILES string of the molecule is CC1CC1C.O=C=O. The molecule has 0 aromatic rings. The molecular weight excluding hydrogens is 104 g/mol. The quantitative estimate of drug-likeness (QED) is 0.472. The highest BCUT2D eigenvalue weighted by molar-refractivity contribution is 5.20. The number of rotatable bonds is 0. The Hall–Kier alpha value is -0.620. The highest BCUT2D eigenvalue weighted by atomic mass is 16.2. The van der Waals surface area contributed by atoms with E-state index in [2.05, 4.69) is 13.8 Å². The highest BCUT2D eigenvalue weighted by Crippen LogP contribution is 2.36. The minimum absolute atomic E-state index is 0.250. The van der Waals surface area contributed by atoms with Crippen LogP contribution in [0.5, 0.6) is 0 Å². The monoisotopic (exact) mass is 114 g/mol. The molecule has 8 heavy (non-hydrogen) atoms. The van der Waals surface area contributed by atoms with Crippen LogP contribution in [-0.2, 0) is 9.59 Å². The van der Waals surface area contributed by atoms with Crippen LogP contribution in [0.2, 0.25) is 0 Å². The zero-order chi connectivity index (χ0) is 6.57. The van der Waals surface area contributed by atoms with Crippen molar-refractivity contribution in [2.45, 2.75) is 20.3 Å². The minimum Gasteiger partial charge on any atom is -0.186 e. The van der Waals surface area contributed by atoms with Crippen LogP contribution in [-0.4, -0.2) is 6.15 Å². The summed E-state index contributed by atoms with van der Waals surface area (Å²) in [7, 11) is 0. The summed E-state index contributed by atoms with van der Waals surface area (Å²) in [4.78, 5) is 16.2. The zero-order valence-electron chi connectivity index (χ0n) is 5.18. The molecule has 0 amide bonds. The lowest BCUT2D eigenvalue weighted by atomic mass is 10.4. The van der Waals surface area contributed by atoms with Crippen molar-refractivity contribution in [3.63, 3.8) is 0 Å². The van der Waals surface area contributed by atoms with Gasteiger partial charge in [0.25, 0.3) is 0 Å². The third-order valence-corrected chi connectivity index (χ3v) is 1.51. The summed E-state index contributed by atoms with van der Waals surface area (Å²) in [6, 6.07) is 0. The van der Waals surface area contributed by atoms with Crippen molar-refractivity contribution >= 4 is 6.15 Å². The molecule has 1 rings (SSSR count). The van der Waals surface area contributed by atoms with Crippen LogP contribution in [0.1, 0.15) is 20.3 Å². The third kappa shape index (κ3) is 3.57. The smallest absolute Gasteiger partial charge is 0.186 e. The lowest BCUT2D eigenvalue weighted by molar-refractivity contribution is -0.191. The van der Waals surface area contributed by atoms with Gasteiger partial charge in [0, 0.05) is 0 Å². The van der Waals surface area contributed by atoms with E-state index in [4.69, 9.17) is 9.59 Å². The molecule has 0 N–H and O–H groups in total. The molecule has 0 saturated heterocycles. The molecule has 2 nitrogen and oxygen atoms in total. The molecule has 2 unspecified atom stereocenters. The minimum atomic E-state index is 0.250. The Morgan fingerprint density at radius 2 is 1.38 bits per heavy atom. The van der Waals surface area contributed by atoms with Gasteiger partial charge in [0.15, 0.2) is 0 Å². The molecule has 0 bridgehead atoms. The Morgan fingerprint density at radius 1 is 1.25 bits per heavy atom. The fourth-order valence-electron chi connectivity index (χ4n) is 0.508. The van der Waals surface area contributed by atoms with Crippen molar-refractivity contribution in [1.82, 2.24) is 0 Å². The fourth-order valence-corrected chi connectivity index (χ4v) is 0.508. The number of hydrogen-bond donors (Lipinski definition) is 0. The van der Waals surface area contributed by atoms with Gasteiger partial charge in [-0.2, -0.15) is 9.59 Å². The van der Waals surface area contributed by atoms with Crippen molar-refractivity contribution < 1.29 is 9.59 Å². The molecule has 2 atom stereocenters. The van der Waals surface area contributed by atoms with Crippen molar-refractivity contribution in [3.8, 4) is 0 Å². The second-order valence-corrected chi connectivity index (χ2v) is 2.27. The fraction of sp³-hybridized carbons (Fsp3) is 0.833. The van der Waals surface area contributed by atoms with Gasteiger partial charge in [-0.3, -0.25) is 0 Å². The number of hydrogen-bond acceptors (Lipinski definition) is 2. The molecule has 2 heteroatoms. The average Bonchev–Trinajstić information content (AvgIpc) is 2.22.